The molecule has 1 amide bonds. The molecule has 0 unspecified atom stereocenters. The Labute approximate surface area is 128 Å². The topological polar surface area (TPSA) is 86.3 Å². The van der Waals surface area contributed by atoms with Crippen LogP contribution >= 0.6 is 0 Å². The van der Waals surface area contributed by atoms with Gasteiger partial charge in [0.2, 0.25) is 5.43 Å². The average molecular weight is 303 g/mol. The second kappa shape index (κ2) is 7.09. The lowest BCUT2D eigenvalue weighted by atomic mass is 10.1. The Morgan fingerprint density at radius 1 is 1.41 bits per heavy atom. The molecular formula is C16H21N3O3. The molecule has 0 saturated carbocycles. The van der Waals surface area contributed by atoms with E-state index in [2.05, 4.69) is 5.32 Å². The van der Waals surface area contributed by atoms with Crippen molar-refractivity contribution in [3.05, 3.63) is 40.2 Å². The van der Waals surface area contributed by atoms with Crippen molar-refractivity contribution in [2.75, 3.05) is 26.0 Å². The molecule has 0 aliphatic carbocycles. The van der Waals surface area contributed by atoms with Gasteiger partial charge < -0.3 is 20.4 Å². The van der Waals surface area contributed by atoms with Gasteiger partial charge in [-0.3, -0.25) is 9.59 Å². The number of amides is 1. The first-order valence-electron chi connectivity index (χ1n) is 7.29. The van der Waals surface area contributed by atoms with E-state index in [1.165, 1.54) is 0 Å². The molecular weight excluding hydrogens is 282 g/mol. The summed E-state index contributed by atoms with van der Waals surface area (Å²) in [5, 5.41) is 3.11. The van der Waals surface area contributed by atoms with E-state index in [9.17, 15) is 9.59 Å². The van der Waals surface area contributed by atoms with Crippen molar-refractivity contribution in [1.82, 2.24) is 9.88 Å². The minimum atomic E-state index is -0.372. The largest absolute Gasteiger partial charge is 0.398 e. The van der Waals surface area contributed by atoms with Gasteiger partial charge >= 0.3 is 0 Å². The summed E-state index contributed by atoms with van der Waals surface area (Å²) in [6.07, 6.45) is 2.38. The molecule has 0 fully saturated rings. The third-order valence-corrected chi connectivity index (χ3v) is 3.46. The number of hydrogen-bond donors (Lipinski definition) is 2. The fourth-order valence-electron chi connectivity index (χ4n) is 2.33. The monoisotopic (exact) mass is 303 g/mol. The van der Waals surface area contributed by atoms with Gasteiger partial charge in [-0.1, -0.05) is 13.0 Å². The first-order chi connectivity index (χ1) is 10.6. The molecule has 0 bridgehead atoms. The lowest BCUT2D eigenvalue weighted by molar-refractivity contribution is 0.0951. The Morgan fingerprint density at radius 2 is 2.18 bits per heavy atom. The van der Waals surface area contributed by atoms with Crippen molar-refractivity contribution in [2.45, 2.75) is 19.9 Å². The standard InChI is InChI=1S/C16H21N3O3/c1-3-7-18-16(21)11-10-19(8-9-22-2)13-6-4-5-12(17)14(13)15(11)20/h4-6,10H,3,7-9,17H2,1-2H3,(H,18,21). The molecule has 1 aromatic heterocycles. The molecule has 0 aliphatic heterocycles. The summed E-state index contributed by atoms with van der Waals surface area (Å²) in [4.78, 5) is 24.8. The highest BCUT2D eigenvalue weighted by Crippen LogP contribution is 2.18. The number of carbonyl (C=O) groups is 1. The van der Waals surface area contributed by atoms with E-state index in [0.717, 1.165) is 6.42 Å². The number of hydrogen-bond acceptors (Lipinski definition) is 4. The number of pyridine rings is 1. The highest BCUT2D eigenvalue weighted by molar-refractivity contribution is 6.00. The van der Waals surface area contributed by atoms with E-state index in [0.29, 0.717) is 36.3 Å². The average Bonchev–Trinajstić information content (AvgIpc) is 2.52. The number of benzene rings is 1. The van der Waals surface area contributed by atoms with Crippen LogP contribution in [0.25, 0.3) is 10.9 Å². The number of nitrogens with one attached hydrogen (secondary N) is 1. The second-order valence-electron chi connectivity index (χ2n) is 5.06. The number of nitrogens with two attached hydrogens (primary N) is 1. The molecule has 22 heavy (non-hydrogen) atoms. The van der Waals surface area contributed by atoms with Crippen molar-refractivity contribution in [1.29, 1.82) is 0 Å². The number of aromatic nitrogens is 1. The molecule has 0 saturated heterocycles. The third-order valence-electron chi connectivity index (χ3n) is 3.46. The number of rotatable bonds is 6. The van der Waals surface area contributed by atoms with Gasteiger partial charge in [-0.2, -0.15) is 0 Å². The fraction of sp³-hybridized carbons (Fsp3) is 0.375. The first-order valence-corrected chi connectivity index (χ1v) is 7.29. The van der Waals surface area contributed by atoms with E-state index in [1.807, 2.05) is 17.6 Å². The van der Waals surface area contributed by atoms with Crippen LogP contribution in [-0.2, 0) is 11.3 Å². The van der Waals surface area contributed by atoms with Crippen molar-refractivity contribution < 1.29 is 9.53 Å². The van der Waals surface area contributed by atoms with Crippen LogP contribution in [0, 0.1) is 0 Å². The maximum Gasteiger partial charge on any atom is 0.256 e. The highest BCUT2D eigenvalue weighted by atomic mass is 16.5. The van der Waals surface area contributed by atoms with Gasteiger partial charge in [-0.25, -0.2) is 0 Å². The molecule has 1 heterocycles. The summed E-state index contributed by atoms with van der Waals surface area (Å²) in [7, 11) is 1.61. The summed E-state index contributed by atoms with van der Waals surface area (Å²) in [6, 6.07) is 5.27. The summed E-state index contributed by atoms with van der Waals surface area (Å²) in [6.45, 7) is 3.49. The SMILES string of the molecule is CCCNC(=O)c1cn(CCOC)c2cccc(N)c2c1=O. The molecule has 0 radical (unpaired) electrons. The quantitative estimate of drug-likeness (QED) is 0.789. The number of nitrogens with zero attached hydrogens (tertiary/aromatic N) is 1. The van der Waals surface area contributed by atoms with E-state index >= 15 is 0 Å². The molecule has 1 aromatic carbocycles. The molecule has 2 rings (SSSR count). The van der Waals surface area contributed by atoms with Crippen LogP contribution in [0.1, 0.15) is 23.7 Å². The number of nitrogen functional groups attached to an aromatic ring is 1. The van der Waals surface area contributed by atoms with Crippen molar-refractivity contribution in [2.24, 2.45) is 0 Å². The van der Waals surface area contributed by atoms with E-state index < -0.39 is 0 Å². The van der Waals surface area contributed by atoms with Crippen LogP contribution in [0.3, 0.4) is 0 Å². The van der Waals surface area contributed by atoms with Crippen molar-refractivity contribution in [3.63, 3.8) is 0 Å². The zero-order valence-electron chi connectivity index (χ0n) is 12.9. The molecule has 0 atom stereocenters. The lowest BCUT2D eigenvalue weighted by Crippen LogP contribution is -2.30. The van der Waals surface area contributed by atoms with Gasteiger partial charge in [0.05, 0.1) is 17.5 Å². The maximum absolute atomic E-state index is 12.6. The Hall–Kier alpha value is -2.34. The fourth-order valence-corrected chi connectivity index (χ4v) is 2.33. The number of ether oxygens (including phenoxy) is 1. The van der Waals surface area contributed by atoms with Gasteiger partial charge in [0.1, 0.15) is 5.56 Å². The predicted octanol–water partition coefficient (Wildman–Crippen LogP) is 1.37. The van der Waals surface area contributed by atoms with Gasteiger partial charge in [-0.15, -0.1) is 0 Å². The highest BCUT2D eigenvalue weighted by Gasteiger charge is 2.16. The summed E-state index contributed by atoms with van der Waals surface area (Å²) in [5.74, 6) is -0.372. The molecule has 0 spiro atoms. The van der Waals surface area contributed by atoms with Crippen LogP contribution in [0.4, 0.5) is 5.69 Å². The Kier molecular flexibility index (Phi) is 5.16. The molecule has 0 aliphatic rings. The first kappa shape index (κ1) is 16.0. The van der Waals surface area contributed by atoms with E-state index in [-0.39, 0.29) is 16.9 Å². The number of methoxy groups -OCH3 is 1. The van der Waals surface area contributed by atoms with E-state index in [1.54, 1.807) is 25.4 Å². The zero-order valence-corrected chi connectivity index (χ0v) is 12.9. The number of fused-ring (bicyclic) bond motifs is 1. The molecule has 6 heteroatoms. The minimum Gasteiger partial charge on any atom is -0.398 e. The Balaban J connectivity index is 2.62. The van der Waals surface area contributed by atoms with Crippen LogP contribution in [0.2, 0.25) is 0 Å². The molecule has 2 aromatic rings. The van der Waals surface area contributed by atoms with Gasteiger partial charge in [0, 0.05) is 32.1 Å². The third kappa shape index (κ3) is 3.12. The number of carbonyl (C=O) groups excluding carboxylic acids is 1. The van der Waals surface area contributed by atoms with Gasteiger partial charge in [-0.05, 0) is 18.6 Å². The maximum atomic E-state index is 12.6. The Morgan fingerprint density at radius 3 is 2.86 bits per heavy atom. The Bertz CT molecular complexity index is 737. The number of anilines is 1. The van der Waals surface area contributed by atoms with Gasteiger partial charge in [0.15, 0.2) is 0 Å². The second-order valence-corrected chi connectivity index (χ2v) is 5.06. The molecule has 3 N–H and O–H groups in total. The summed E-state index contributed by atoms with van der Waals surface area (Å²) >= 11 is 0. The van der Waals surface area contributed by atoms with Crippen molar-refractivity contribution >= 4 is 22.5 Å². The van der Waals surface area contributed by atoms with Crippen molar-refractivity contribution in [3.8, 4) is 0 Å². The minimum absolute atomic E-state index is 0.106. The smallest absolute Gasteiger partial charge is 0.256 e. The van der Waals surface area contributed by atoms with Crippen LogP contribution in [0.5, 0.6) is 0 Å². The normalized spacial score (nSPS) is 10.8. The van der Waals surface area contributed by atoms with Gasteiger partial charge in [0.25, 0.3) is 5.91 Å². The van der Waals surface area contributed by atoms with Crippen LogP contribution in [-0.4, -0.2) is 30.7 Å². The van der Waals surface area contributed by atoms with E-state index in [4.69, 9.17) is 10.5 Å². The van der Waals surface area contributed by atoms with Crippen LogP contribution < -0.4 is 16.5 Å². The zero-order chi connectivity index (χ0) is 16.1. The summed E-state index contributed by atoms with van der Waals surface area (Å²) in [5.41, 5.74) is 6.79. The van der Waals surface area contributed by atoms with Crippen LogP contribution in [0.15, 0.2) is 29.2 Å². The predicted molar refractivity (Wildman–Crippen MR) is 87.1 cm³/mol. The molecule has 118 valence electrons. The molecule has 6 nitrogen and oxygen atoms in total. The lowest BCUT2D eigenvalue weighted by Gasteiger charge is -2.14. The summed E-state index contributed by atoms with van der Waals surface area (Å²) < 4.78 is 6.92.